The highest BCUT2D eigenvalue weighted by molar-refractivity contribution is 6.09. The number of rotatable bonds is 2. The first-order valence-corrected chi connectivity index (χ1v) is 7.46. The van der Waals surface area contributed by atoms with Crippen molar-refractivity contribution in [3.8, 4) is 0 Å². The first-order chi connectivity index (χ1) is 10.0. The van der Waals surface area contributed by atoms with Crippen molar-refractivity contribution in [2.24, 2.45) is 0 Å². The minimum atomic E-state index is -0.764. The van der Waals surface area contributed by atoms with Crippen molar-refractivity contribution in [2.75, 3.05) is 0 Å². The Hall–Kier alpha value is -1.97. The molecular weight excluding hydrogens is 266 g/mol. The van der Waals surface area contributed by atoms with Gasteiger partial charge in [0.25, 0.3) is 0 Å². The van der Waals surface area contributed by atoms with Gasteiger partial charge in [-0.1, -0.05) is 30.3 Å². The number of nitrogens with zero attached hydrogens (tertiary/aromatic N) is 1. The average Bonchev–Trinajstić information content (AvgIpc) is 2.72. The van der Waals surface area contributed by atoms with E-state index in [0.29, 0.717) is 25.7 Å². The molecule has 1 aromatic carbocycles. The molecule has 2 amide bonds. The summed E-state index contributed by atoms with van der Waals surface area (Å²) in [6.07, 6.45) is 2.40. The number of benzene rings is 1. The van der Waals surface area contributed by atoms with E-state index >= 15 is 0 Å². The summed E-state index contributed by atoms with van der Waals surface area (Å²) in [5, 5.41) is 0. The van der Waals surface area contributed by atoms with E-state index in [1.54, 1.807) is 0 Å². The maximum Gasteiger partial charge on any atom is 0.240 e. The van der Waals surface area contributed by atoms with Crippen LogP contribution in [0.1, 0.15) is 44.6 Å². The minimum Gasteiger partial charge on any atom is -0.300 e. The number of Topliss-reactive ketones (excluding diaryl/α,β-unsaturated/α-hetero) is 1. The predicted molar refractivity (Wildman–Crippen MR) is 77.5 cm³/mol. The third kappa shape index (κ3) is 2.28. The number of imide groups is 1. The molecule has 2 aliphatic rings. The molecule has 3 rings (SSSR count). The molecule has 0 radical (unpaired) electrons. The molecule has 21 heavy (non-hydrogen) atoms. The zero-order valence-electron chi connectivity index (χ0n) is 12.2. The monoisotopic (exact) mass is 285 g/mol. The van der Waals surface area contributed by atoms with Crippen LogP contribution < -0.4 is 0 Å². The second-order valence-electron chi connectivity index (χ2n) is 6.21. The molecular formula is C17H19NO3. The van der Waals surface area contributed by atoms with Crippen LogP contribution in [0.2, 0.25) is 0 Å². The van der Waals surface area contributed by atoms with Gasteiger partial charge in [-0.2, -0.15) is 0 Å². The highest BCUT2D eigenvalue weighted by Gasteiger charge is 2.51. The summed E-state index contributed by atoms with van der Waals surface area (Å²) in [7, 11) is 0. The molecule has 1 aliphatic heterocycles. The van der Waals surface area contributed by atoms with Crippen LogP contribution in [-0.2, 0) is 19.8 Å². The summed E-state index contributed by atoms with van der Waals surface area (Å²) in [5.41, 5.74) is 0.123. The van der Waals surface area contributed by atoms with Gasteiger partial charge in [-0.25, -0.2) is 0 Å². The molecule has 110 valence electrons. The van der Waals surface area contributed by atoms with Crippen LogP contribution in [0.15, 0.2) is 30.3 Å². The minimum absolute atomic E-state index is 0.103. The lowest BCUT2D eigenvalue weighted by Crippen LogP contribution is -2.44. The Balaban J connectivity index is 1.87. The molecule has 1 heterocycles. The fraction of sp³-hybridized carbons (Fsp3) is 0.471. The van der Waals surface area contributed by atoms with Crippen LogP contribution in [0.5, 0.6) is 0 Å². The normalized spacial score (nSPS) is 27.5. The molecule has 0 bridgehead atoms. The number of carbonyl (C=O) groups excluding carboxylic acids is 3. The van der Waals surface area contributed by atoms with Crippen LogP contribution >= 0.6 is 0 Å². The Labute approximate surface area is 124 Å². The van der Waals surface area contributed by atoms with Gasteiger partial charge in [0.1, 0.15) is 5.78 Å². The van der Waals surface area contributed by atoms with Gasteiger partial charge in [-0.3, -0.25) is 19.3 Å². The lowest BCUT2D eigenvalue weighted by atomic mass is 9.81. The molecule has 1 saturated heterocycles. The van der Waals surface area contributed by atoms with Crippen molar-refractivity contribution in [3.63, 3.8) is 0 Å². The van der Waals surface area contributed by atoms with Crippen molar-refractivity contribution in [1.29, 1.82) is 0 Å². The first-order valence-electron chi connectivity index (χ1n) is 7.46. The molecule has 0 spiro atoms. The number of amides is 2. The Kier molecular flexibility index (Phi) is 3.40. The zero-order valence-corrected chi connectivity index (χ0v) is 12.2. The maximum atomic E-state index is 12.8. The average molecular weight is 285 g/mol. The van der Waals surface area contributed by atoms with E-state index in [2.05, 4.69) is 0 Å². The molecule has 0 aromatic heterocycles. The standard InChI is InChI=1S/C17H19NO3/c1-17(12-5-3-2-4-6-12)11-15(20)18(16(17)21)13-7-9-14(19)10-8-13/h2-6,13H,7-11H2,1H3. The van der Waals surface area contributed by atoms with Crippen LogP contribution in [0.25, 0.3) is 0 Å². The lowest BCUT2D eigenvalue weighted by molar-refractivity contribution is -0.144. The van der Waals surface area contributed by atoms with Gasteiger partial charge in [0.2, 0.25) is 11.8 Å². The molecule has 1 unspecified atom stereocenters. The number of ketones is 1. The quantitative estimate of drug-likeness (QED) is 0.783. The van der Waals surface area contributed by atoms with Gasteiger partial charge >= 0.3 is 0 Å². The summed E-state index contributed by atoms with van der Waals surface area (Å²) < 4.78 is 0. The van der Waals surface area contributed by atoms with Crippen LogP contribution in [0.3, 0.4) is 0 Å². The summed E-state index contributed by atoms with van der Waals surface area (Å²) >= 11 is 0. The Morgan fingerprint density at radius 1 is 1.05 bits per heavy atom. The smallest absolute Gasteiger partial charge is 0.240 e. The third-order valence-corrected chi connectivity index (χ3v) is 4.75. The molecule has 1 atom stereocenters. The van der Waals surface area contributed by atoms with Gasteiger partial charge in [-0.05, 0) is 25.3 Å². The van der Waals surface area contributed by atoms with Crippen molar-refractivity contribution < 1.29 is 14.4 Å². The highest BCUT2D eigenvalue weighted by atomic mass is 16.2. The van der Waals surface area contributed by atoms with Gasteiger partial charge in [0, 0.05) is 25.3 Å². The number of likely N-dealkylation sites (tertiary alicyclic amines) is 1. The van der Waals surface area contributed by atoms with Gasteiger partial charge in [-0.15, -0.1) is 0 Å². The molecule has 1 saturated carbocycles. The van der Waals surface area contributed by atoms with Crippen LogP contribution in [0, 0.1) is 0 Å². The molecule has 1 aliphatic carbocycles. The third-order valence-electron chi connectivity index (χ3n) is 4.75. The first kappa shape index (κ1) is 14.0. The second kappa shape index (κ2) is 5.10. The molecule has 4 heteroatoms. The Bertz CT molecular complexity index is 585. The van der Waals surface area contributed by atoms with Crippen LogP contribution in [-0.4, -0.2) is 28.5 Å². The second-order valence-corrected chi connectivity index (χ2v) is 6.21. The summed E-state index contributed by atoms with van der Waals surface area (Å²) in [4.78, 5) is 38.0. The summed E-state index contributed by atoms with van der Waals surface area (Å²) in [5.74, 6) is 0.0138. The van der Waals surface area contributed by atoms with Gasteiger partial charge in [0.05, 0.1) is 5.41 Å². The van der Waals surface area contributed by atoms with Crippen LogP contribution in [0.4, 0.5) is 0 Å². The fourth-order valence-corrected chi connectivity index (χ4v) is 3.43. The van der Waals surface area contributed by atoms with Gasteiger partial charge < -0.3 is 0 Å². The Morgan fingerprint density at radius 2 is 1.67 bits per heavy atom. The fourth-order valence-electron chi connectivity index (χ4n) is 3.43. The van der Waals surface area contributed by atoms with Crippen molar-refractivity contribution in [3.05, 3.63) is 35.9 Å². The van der Waals surface area contributed by atoms with Gasteiger partial charge in [0.15, 0.2) is 0 Å². The van der Waals surface area contributed by atoms with E-state index in [4.69, 9.17) is 0 Å². The van der Waals surface area contributed by atoms with Crippen molar-refractivity contribution >= 4 is 17.6 Å². The number of carbonyl (C=O) groups is 3. The summed E-state index contributed by atoms with van der Waals surface area (Å²) in [6, 6.07) is 9.38. The Morgan fingerprint density at radius 3 is 2.29 bits per heavy atom. The van der Waals surface area contributed by atoms with Crippen molar-refractivity contribution in [1.82, 2.24) is 4.90 Å². The lowest BCUT2D eigenvalue weighted by Gasteiger charge is -2.31. The molecule has 2 fully saturated rings. The largest absolute Gasteiger partial charge is 0.300 e. The van der Waals surface area contributed by atoms with E-state index in [1.165, 1.54) is 4.90 Å². The maximum absolute atomic E-state index is 12.8. The van der Waals surface area contributed by atoms with E-state index in [0.717, 1.165) is 5.56 Å². The number of hydrogen-bond donors (Lipinski definition) is 0. The zero-order chi connectivity index (χ0) is 15.0. The topological polar surface area (TPSA) is 54.5 Å². The molecule has 4 nitrogen and oxygen atoms in total. The molecule has 1 aromatic rings. The molecule has 0 N–H and O–H groups in total. The highest BCUT2D eigenvalue weighted by Crippen LogP contribution is 2.39. The predicted octanol–water partition coefficient (Wildman–Crippen LogP) is 2.21. The van der Waals surface area contributed by atoms with E-state index < -0.39 is 5.41 Å². The van der Waals surface area contributed by atoms with E-state index in [-0.39, 0.29) is 30.1 Å². The SMILES string of the molecule is CC1(c2ccccc2)CC(=O)N(C2CCC(=O)CC2)C1=O. The number of hydrogen-bond acceptors (Lipinski definition) is 3. The van der Waals surface area contributed by atoms with E-state index in [9.17, 15) is 14.4 Å². The summed E-state index contributed by atoms with van der Waals surface area (Å²) in [6.45, 7) is 1.84. The van der Waals surface area contributed by atoms with E-state index in [1.807, 2.05) is 37.3 Å². The van der Waals surface area contributed by atoms with Crippen molar-refractivity contribution in [2.45, 2.75) is 50.5 Å².